The van der Waals surface area contributed by atoms with Gasteiger partial charge in [0, 0.05) is 17.8 Å². The van der Waals surface area contributed by atoms with Crippen LogP contribution in [0.3, 0.4) is 0 Å². The molecule has 0 spiro atoms. The van der Waals surface area contributed by atoms with Gasteiger partial charge in [0.2, 0.25) is 9.84 Å². The van der Waals surface area contributed by atoms with E-state index in [4.69, 9.17) is 4.74 Å². The van der Waals surface area contributed by atoms with Crippen molar-refractivity contribution in [3.8, 4) is 11.1 Å². The fourth-order valence-electron chi connectivity index (χ4n) is 3.41. The molecule has 32 heavy (non-hydrogen) atoms. The van der Waals surface area contributed by atoms with Crippen LogP contribution in [0.2, 0.25) is 0 Å². The molecule has 8 nitrogen and oxygen atoms in total. The van der Waals surface area contributed by atoms with Crippen LogP contribution in [0.4, 0.5) is 10.6 Å². The molecule has 0 saturated heterocycles. The molecule has 2 N–H and O–H groups in total. The van der Waals surface area contributed by atoms with Crippen molar-refractivity contribution in [1.29, 1.82) is 0 Å². The first-order chi connectivity index (χ1) is 15.3. The molecular formula is C23H21N3O5S. The summed E-state index contributed by atoms with van der Waals surface area (Å²) >= 11 is 0. The second kappa shape index (κ2) is 8.35. The number of aromatic nitrogens is 2. The summed E-state index contributed by atoms with van der Waals surface area (Å²) in [6.45, 7) is 3.66. The molecule has 0 atom stereocenters. The molecule has 1 amide bonds. The number of benzene rings is 2. The lowest BCUT2D eigenvalue weighted by atomic mass is 10.1. The van der Waals surface area contributed by atoms with Gasteiger partial charge < -0.3 is 9.72 Å². The van der Waals surface area contributed by atoms with Crippen molar-refractivity contribution < 1.29 is 17.9 Å². The van der Waals surface area contributed by atoms with Crippen molar-refractivity contribution in [2.45, 2.75) is 23.6 Å². The number of anilines is 1. The third-order valence-electron chi connectivity index (χ3n) is 4.91. The van der Waals surface area contributed by atoms with Gasteiger partial charge in [-0.05, 0) is 31.5 Å². The Kier molecular flexibility index (Phi) is 5.58. The minimum Gasteiger partial charge on any atom is -0.450 e. The smallest absolute Gasteiger partial charge is 0.412 e. The number of carbonyl (C=O) groups excluding carboxylic acids is 1. The van der Waals surface area contributed by atoms with Crippen molar-refractivity contribution in [2.24, 2.45) is 0 Å². The van der Waals surface area contributed by atoms with E-state index < -0.39 is 21.5 Å². The molecule has 4 rings (SSSR count). The molecule has 2 aromatic carbocycles. The van der Waals surface area contributed by atoms with E-state index in [1.165, 1.54) is 28.8 Å². The number of aryl methyl sites for hydroxylation is 1. The summed E-state index contributed by atoms with van der Waals surface area (Å²) in [6, 6.07) is 16.6. The topological polar surface area (TPSA) is 110 Å². The van der Waals surface area contributed by atoms with Gasteiger partial charge in [-0.1, -0.05) is 48.0 Å². The number of nitrogens with zero attached hydrogens (tertiary/aromatic N) is 1. The first kappa shape index (κ1) is 21.4. The van der Waals surface area contributed by atoms with Gasteiger partial charge in [0.15, 0.2) is 0 Å². The Bertz CT molecular complexity index is 1450. The SMILES string of the molecule is CCOC(=O)Nc1cc(=O)n2cc(-c3ccccc3)c(S(=O)(=O)c3ccc(C)cc3)c2[nH]1. The maximum absolute atomic E-state index is 13.7. The van der Waals surface area contributed by atoms with Gasteiger partial charge in [-0.2, -0.15) is 0 Å². The van der Waals surface area contributed by atoms with Gasteiger partial charge in [0.25, 0.3) is 5.56 Å². The van der Waals surface area contributed by atoms with Gasteiger partial charge in [0.05, 0.1) is 11.5 Å². The van der Waals surface area contributed by atoms with Crippen LogP contribution in [0, 0.1) is 6.92 Å². The van der Waals surface area contributed by atoms with Crippen LogP contribution in [0.5, 0.6) is 0 Å². The second-order valence-corrected chi connectivity index (χ2v) is 9.03. The van der Waals surface area contributed by atoms with Crippen LogP contribution in [0.25, 0.3) is 16.8 Å². The lowest BCUT2D eigenvalue weighted by Gasteiger charge is -2.09. The van der Waals surface area contributed by atoms with Crippen molar-refractivity contribution in [2.75, 3.05) is 11.9 Å². The van der Waals surface area contributed by atoms with Gasteiger partial charge in [0.1, 0.15) is 16.4 Å². The summed E-state index contributed by atoms with van der Waals surface area (Å²) in [5.41, 5.74) is 1.46. The molecule has 2 heterocycles. The molecule has 0 radical (unpaired) electrons. The molecule has 9 heteroatoms. The normalized spacial score (nSPS) is 11.4. The maximum Gasteiger partial charge on any atom is 0.412 e. The number of amides is 1. The van der Waals surface area contributed by atoms with Gasteiger partial charge in [-0.3, -0.25) is 14.5 Å². The summed E-state index contributed by atoms with van der Waals surface area (Å²) in [5.74, 6) is 0.0269. The number of sulfone groups is 1. The van der Waals surface area contributed by atoms with Crippen molar-refractivity contribution in [3.63, 3.8) is 0 Å². The quantitative estimate of drug-likeness (QED) is 0.477. The number of hydrogen-bond acceptors (Lipinski definition) is 5. The largest absolute Gasteiger partial charge is 0.450 e. The highest BCUT2D eigenvalue weighted by molar-refractivity contribution is 7.91. The van der Waals surface area contributed by atoms with Crippen LogP contribution < -0.4 is 10.9 Å². The zero-order valence-electron chi connectivity index (χ0n) is 17.5. The molecule has 4 aromatic rings. The van der Waals surface area contributed by atoms with Gasteiger partial charge in [-0.25, -0.2) is 13.2 Å². The number of carbonyl (C=O) groups is 1. The predicted molar refractivity (Wildman–Crippen MR) is 121 cm³/mol. The number of hydrogen-bond donors (Lipinski definition) is 2. The summed E-state index contributed by atoms with van der Waals surface area (Å²) in [7, 11) is -4.02. The first-order valence-electron chi connectivity index (χ1n) is 9.90. The highest BCUT2D eigenvalue weighted by atomic mass is 32.2. The Balaban J connectivity index is 2.01. The number of aromatic amines is 1. The standard InChI is InChI=1S/C23H21N3O5S/c1-3-31-23(28)25-19-13-20(27)26-14-18(16-7-5-4-6-8-16)21(22(26)24-19)32(29,30)17-11-9-15(2)10-12-17/h4-14,24H,3H2,1-2H3,(H,25,28). The molecular weight excluding hydrogens is 430 g/mol. The Morgan fingerprint density at radius 1 is 1.09 bits per heavy atom. The van der Waals surface area contributed by atoms with E-state index in [0.717, 1.165) is 5.56 Å². The summed E-state index contributed by atoms with van der Waals surface area (Å²) in [4.78, 5) is 27.6. The molecule has 164 valence electrons. The van der Waals surface area contributed by atoms with E-state index in [1.807, 2.05) is 13.0 Å². The lowest BCUT2D eigenvalue weighted by Crippen LogP contribution is -2.19. The molecule has 0 unspecified atom stereocenters. The van der Waals surface area contributed by atoms with E-state index in [9.17, 15) is 18.0 Å². The number of ether oxygens (including phenoxy) is 1. The average molecular weight is 452 g/mol. The third-order valence-corrected chi connectivity index (χ3v) is 6.76. The Morgan fingerprint density at radius 2 is 1.78 bits per heavy atom. The molecule has 0 aliphatic rings. The third kappa shape index (κ3) is 3.90. The summed E-state index contributed by atoms with van der Waals surface area (Å²) in [6.07, 6.45) is 0.726. The van der Waals surface area contributed by atoms with Crippen molar-refractivity contribution >= 4 is 27.4 Å². The minimum absolute atomic E-state index is 0.0269. The lowest BCUT2D eigenvalue weighted by molar-refractivity contribution is 0.168. The minimum atomic E-state index is -4.02. The molecule has 0 bridgehead atoms. The molecule has 2 aromatic heterocycles. The fourth-order valence-corrected chi connectivity index (χ4v) is 5.01. The van der Waals surface area contributed by atoms with Crippen LogP contribution in [-0.4, -0.2) is 30.5 Å². The zero-order chi connectivity index (χ0) is 22.9. The highest BCUT2D eigenvalue weighted by Gasteiger charge is 2.28. The number of rotatable bonds is 5. The molecule has 0 aliphatic carbocycles. The Hall–Kier alpha value is -3.85. The van der Waals surface area contributed by atoms with Crippen LogP contribution >= 0.6 is 0 Å². The summed E-state index contributed by atoms with van der Waals surface area (Å²) < 4.78 is 33.5. The number of H-pyrrole nitrogens is 1. The van der Waals surface area contributed by atoms with E-state index in [2.05, 4.69) is 10.3 Å². The van der Waals surface area contributed by atoms with Crippen molar-refractivity contribution in [3.05, 3.63) is 82.8 Å². The predicted octanol–water partition coefficient (Wildman–Crippen LogP) is 4.00. The average Bonchev–Trinajstić information content (AvgIpc) is 3.16. The summed E-state index contributed by atoms with van der Waals surface area (Å²) in [5, 5.41) is 2.43. The molecule has 0 aliphatic heterocycles. The second-order valence-electron chi connectivity index (χ2n) is 7.14. The van der Waals surface area contributed by atoms with Gasteiger partial charge in [-0.15, -0.1) is 0 Å². The molecule has 0 saturated carbocycles. The number of nitrogens with one attached hydrogen (secondary N) is 2. The van der Waals surface area contributed by atoms with E-state index >= 15 is 0 Å². The zero-order valence-corrected chi connectivity index (χ0v) is 18.3. The molecule has 0 fully saturated rings. The van der Waals surface area contributed by atoms with Crippen LogP contribution in [-0.2, 0) is 14.6 Å². The highest BCUT2D eigenvalue weighted by Crippen LogP contribution is 2.35. The fraction of sp³-hybridized carbons (Fsp3) is 0.130. The maximum atomic E-state index is 13.7. The van der Waals surface area contributed by atoms with Gasteiger partial charge >= 0.3 is 6.09 Å². The Labute approximate surface area is 184 Å². The first-order valence-corrected chi connectivity index (χ1v) is 11.4. The van der Waals surface area contributed by atoms with E-state index in [-0.39, 0.29) is 27.9 Å². The van der Waals surface area contributed by atoms with Crippen molar-refractivity contribution in [1.82, 2.24) is 9.38 Å². The Morgan fingerprint density at radius 3 is 2.44 bits per heavy atom. The van der Waals surface area contributed by atoms with Crippen LogP contribution in [0.15, 0.2) is 81.4 Å². The monoisotopic (exact) mass is 451 g/mol. The van der Waals surface area contributed by atoms with Crippen LogP contribution in [0.1, 0.15) is 12.5 Å². The number of fused-ring (bicyclic) bond motifs is 1. The van der Waals surface area contributed by atoms with E-state index in [1.54, 1.807) is 43.3 Å². The van der Waals surface area contributed by atoms with E-state index in [0.29, 0.717) is 11.1 Å².